The standard InChI is InChI=1S/C12H16ClNO2/c1-8-4-5-10(11(13)6-8)12(15)14-9(2)7-16-3/h4-6,9H,7H2,1-3H3,(H,14,15)/t9-/m0/s1. The maximum absolute atomic E-state index is 11.8. The molecule has 1 atom stereocenters. The molecule has 0 heterocycles. The van der Waals surface area contributed by atoms with Gasteiger partial charge in [-0.1, -0.05) is 17.7 Å². The number of rotatable bonds is 4. The van der Waals surface area contributed by atoms with Gasteiger partial charge in [-0.2, -0.15) is 0 Å². The molecule has 88 valence electrons. The molecule has 0 radical (unpaired) electrons. The van der Waals surface area contributed by atoms with Crippen LogP contribution in [0.15, 0.2) is 18.2 Å². The number of benzene rings is 1. The molecule has 0 aliphatic rings. The highest BCUT2D eigenvalue weighted by molar-refractivity contribution is 6.33. The first-order valence-electron chi connectivity index (χ1n) is 5.10. The van der Waals surface area contributed by atoms with Gasteiger partial charge >= 0.3 is 0 Å². The van der Waals surface area contributed by atoms with Crippen LogP contribution in [-0.2, 0) is 4.74 Å². The molecule has 0 fully saturated rings. The van der Waals surface area contributed by atoms with Crippen molar-refractivity contribution in [1.29, 1.82) is 0 Å². The summed E-state index contributed by atoms with van der Waals surface area (Å²) in [5, 5.41) is 3.28. The van der Waals surface area contributed by atoms with Gasteiger partial charge in [0.1, 0.15) is 0 Å². The number of aryl methyl sites for hydroxylation is 1. The molecular weight excluding hydrogens is 226 g/mol. The van der Waals surface area contributed by atoms with Crippen LogP contribution in [0.25, 0.3) is 0 Å². The van der Waals surface area contributed by atoms with Gasteiger partial charge in [-0.25, -0.2) is 0 Å². The van der Waals surface area contributed by atoms with Crippen molar-refractivity contribution in [2.45, 2.75) is 19.9 Å². The van der Waals surface area contributed by atoms with Crippen LogP contribution in [0, 0.1) is 6.92 Å². The SMILES string of the molecule is COC[C@H](C)NC(=O)c1ccc(C)cc1Cl. The van der Waals surface area contributed by atoms with Crippen LogP contribution in [0.4, 0.5) is 0 Å². The molecule has 1 aromatic carbocycles. The van der Waals surface area contributed by atoms with E-state index in [1.165, 1.54) is 0 Å². The third kappa shape index (κ3) is 3.51. The molecule has 1 N–H and O–H groups in total. The fourth-order valence-corrected chi connectivity index (χ4v) is 1.72. The van der Waals surface area contributed by atoms with E-state index in [-0.39, 0.29) is 11.9 Å². The Bertz CT molecular complexity index is 379. The minimum Gasteiger partial charge on any atom is -0.383 e. The number of hydrogen-bond donors (Lipinski definition) is 1. The lowest BCUT2D eigenvalue weighted by atomic mass is 10.1. The van der Waals surface area contributed by atoms with Gasteiger partial charge in [0.15, 0.2) is 0 Å². The summed E-state index contributed by atoms with van der Waals surface area (Å²) in [6, 6.07) is 5.33. The summed E-state index contributed by atoms with van der Waals surface area (Å²) in [5.74, 6) is -0.172. The van der Waals surface area contributed by atoms with E-state index < -0.39 is 0 Å². The second-order valence-electron chi connectivity index (χ2n) is 3.81. The first-order chi connectivity index (χ1) is 7.54. The summed E-state index contributed by atoms with van der Waals surface area (Å²) in [5.41, 5.74) is 1.53. The molecule has 0 saturated carbocycles. The summed E-state index contributed by atoms with van der Waals surface area (Å²) in [6.45, 7) is 4.29. The first-order valence-corrected chi connectivity index (χ1v) is 5.48. The van der Waals surface area contributed by atoms with Gasteiger partial charge in [0.05, 0.1) is 17.2 Å². The van der Waals surface area contributed by atoms with Gasteiger partial charge in [0.2, 0.25) is 0 Å². The van der Waals surface area contributed by atoms with Crippen LogP contribution in [0.3, 0.4) is 0 Å². The molecule has 0 aromatic heterocycles. The average molecular weight is 242 g/mol. The Morgan fingerprint density at radius 2 is 2.25 bits per heavy atom. The van der Waals surface area contributed by atoms with Gasteiger partial charge in [-0.15, -0.1) is 0 Å². The van der Waals surface area contributed by atoms with Gasteiger partial charge < -0.3 is 10.1 Å². The molecule has 0 aliphatic carbocycles. The highest BCUT2D eigenvalue weighted by Gasteiger charge is 2.12. The number of carbonyl (C=O) groups is 1. The predicted octanol–water partition coefficient (Wildman–Crippen LogP) is 2.41. The third-order valence-electron chi connectivity index (χ3n) is 2.16. The predicted molar refractivity (Wildman–Crippen MR) is 65.0 cm³/mol. The zero-order valence-corrected chi connectivity index (χ0v) is 10.5. The lowest BCUT2D eigenvalue weighted by molar-refractivity contribution is 0.0905. The molecule has 1 amide bonds. The van der Waals surface area contributed by atoms with Gasteiger partial charge in [0, 0.05) is 13.2 Å². The minimum atomic E-state index is -0.172. The average Bonchev–Trinajstić information content (AvgIpc) is 2.17. The maximum Gasteiger partial charge on any atom is 0.253 e. The van der Waals surface area contributed by atoms with E-state index in [1.807, 2.05) is 19.9 Å². The summed E-state index contributed by atoms with van der Waals surface area (Å²) in [4.78, 5) is 11.8. The van der Waals surface area contributed by atoms with Crippen molar-refractivity contribution in [3.05, 3.63) is 34.3 Å². The van der Waals surface area contributed by atoms with Crippen LogP contribution >= 0.6 is 11.6 Å². The summed E-state index contributed by atoms with van der Waals surface area (Å²) >= 11 is 5.99. The Morgan fingerprint density at radius 3 is 2.81 bits per heavy atom. The van der Waals surface area contributed by atoms with E-state index in [2.05, 4.69) is 5.32 Å². The molecule has 0 saturated heterocycles. The Hall–Kier alpha value is -1.06. The zero-order chi connectivity index (χ0) is 12.1. The minimum absolute atomic E-state index is 0.0325. The first kappa shape index (κ1) is 13.0. The molecule has 16 heavy (non-hydrogen) atoms. The third-order valence-corrected chi connectivity index (χ3v) is 2.48. The molecule has 1 aromatic rings. The quantitative estimate of drug-likeness (QED) is 0.879. The number of methoxy groups -OCH3 is 1. The number of ether oxygens (including phenoxy) is 1. The number of nitrogens with one attached hydrogen (secondary N) is 1. The van der Waals surface area contributed by atoms with E-state index in [0.29, 0.717) is 17.2 Å². The van der Waals surface area contributed by atoms with Crippen molar-refractivity contribution < 1.29 is 9.53 Å². The number of carbonyl (C=O) groups excluding carboxylic acids is 1. The molecule has 0 spiro atoms. The normalized spacial score (nSPS) is 12.2. The van der Waals surface area contributed by atoms with E-state index in [9.17, 15) is 4.79 Å². The Morgan fingerprint density at radius 1 is 1.56 bits per heavy atom. The lowest BCUT2D eigenvalue weighted by Crippen LogP contribution is -2.35. The molecule has 1 rings (SSSR count). The number of halogens is 1. The van der Waals surface area contributed by atoms with Crippen LogP contribution in [0.1, 0.15) is 22.8 Å². The monoisotopic (exact) mass is 241 g/mol. The Kier molecular flexibility index (Phi) is 4.77. The van der Waals surface area contributed by atoms with Crippen molar-refractivity contribution in [2.24, 2.45) is 0 Å². The molecule has 0 unspecified atom stereocenters. The molecule has 0 bridgehead atoms. The highest BCUT2D eigenvalue weighted by Crippen LogP contribution is 2.17. The second-order valence-corrected chi connectivity index (χ2v) is 4.22. The Labute approximate surface area is 101 Å². The van der Waals surface area contributed by atoms with Crippen molar-refractivity contribution >= 4 is 17.5 Å². The summed E-state index contributed by atoms with van der Waals surface area (Å²) in [7, 11) is 1.60. The maximum atomic E-state index is 11.8. The van der Waals surface area contributed by atoms with Crippen LogP contribution in [0.5, 0.6) is 0 Å². The van der Waals surface area contributed by atoms with Crippen LogP contribution in [-0.4, -0.2) is 25.7 Å². The summed E-state index contributed by atoms with van der Waals surface area (Å²) < 4.78 is 4.94. The number of amides is 1. The largest absolute Gasteiger partial charge is 0.383 e. The fraction of sp³-hybridized carbons (Fsp3) is 0.417. The lowest BCUT2D eigenvalue weighted by Gasteiger charge is -2.13. The highest BCUT2D eigenvalue weighted by atomic mass is 35.5. The smallest absolute Gasteiger partial charge is 0.253 e. The van der Waals surface area contributed by atoms with Crippen molar-refractivity contribution in [2.75, 3.05) is 13.7 Å². The van der Waals surface area contributed by atoms with E-state index in [1.54, 1.807) is 19.2 Å². The molecule has 3 nitrogen and oxygen atoms in total. The van der Waals surface area contributed by atoms with Crippen molar-refractivity contribution in [1.82, 2.24) is 5.32 Å². The van der Waals surface area contributed by atoms with Crippen molar-refractivity contribution in [3.63, 3.8) is 0 Å². The van der Waals surface area contributed by atoms with E-state index in [4.69, 9.17) is 16.3 Å². The van der Waals surface area contributed by atoms with Gasteiger partial charge in [0.25, 0.3) is 5.91 Å². The fourth-order valence-electron chi connectivity index (χ4n) is 1.40. The Balaban J connectivity index is 2.73. The van der Waals surface area contributed by atoms with Gasteiger partial charge in [-0.05, 0) is 31.5 Å². The van der Waals surface area contributed by atoms with Crippen LogP contribution in [0.2, 0.25) is 5.02 Å². The van der Waals surface area contributed by atoms with Crippen LogP contribution < -0.4 is 5.32 Å². The topological polar surface area (TPSA) is 38.3 Å². The number of hydrogen-bond acceptors (Lipinski definition) is 2. The van der Waals surface area contributed by atoms with E-state index >= 15 is 0 Å². The second kappa shape index (κ2) is 5.87. The zero-order valence-electron chi connectivity index (χ0n) is 9.71. The van der Waals surface area contributed by atoms with E-state index in [0.717, 1.165) is 5.56 Å². The molecule has 4 heteroatoms. The molecule has 0 aliphatic heterocycles. The molecular formula is C12H16ClNO2. The van der Waals surface area contributed by atoms with Gasteiger partial charge in [-0.3, -0.25) is 4.79 Å². The summed E-state index contributed by atoms with van der Waals surface area (Å²) in [6.07, 6.45) is 0. The van der Waals surface area contributed by atoms with Crippen molar-refractivity contribution in [3.8, 4) is 0 Å².